The van der Waals surface area contributed by atoms with Crippen LogP contribution in [0, 0.1) is 0 Å². The summed E-state index contributed by atoms with van der Waals surface area (Å²) in [6, 6.07) is 25.6. The van der Waals surface area contributed by atoms with E-state index in [0.29, 0.717) is 30.2 Å². The number of anilines is 1. The third-order valence-electron chi connectivity index (χ3n) is 4.54. The maximum absolute atomic E-state index is 12.8. The van der Waals surface area contributed by atoms with E-state index in [-0.39, 0.29) is 11.8 Å². The van der Waals surface area contributed by atoms with Crippen molar-refractivity contribution in [1.29, 1.82) is 0 Å². The Hall–Kier alpha value is -3.27. The molecule has 0 aliphatic rings. The molecule has 1 N–H and O–H groups in total. The molecule has 3 aromatic rings. The summed E-state index contributed by atoms with van der Waals surface area (Å²) in [7, 11) is 1.59. The van der Waals surface area contributed by atoms with Gasteiger partial charge in [0.05, 0.1) is 13.7 Å². The fourth-order valence-corrected chi connectivity index (χ4v) is 3.22. The molecule has 0 atom stereocenters. The highest BCUT2D eigenvalue weighted by molar-refractivity contribution is 5.92. The second-order valence-electron chi connectivity index (χ2n) is 6.42. The van der Waals surface area contributed by atoms with E-state index in [4.69, 9.17) is 9.47 Å². The normalized spacial score (nSPS) is 10.5. The van der Waals surface area contributed by atoms with E-state index in [1.54, 1.807) is 13.2 Å². The second kappa shape index (κ2) is 9.60. The minimum absolute atomic E-state index is 0.00741. The fourth-order valence-electron chi connectivity index (χ4n) is 3.22. The van der Waals surface area contributed by atoms with Crippen LogP contribution in [0.2, 0.25) is 0 Å². The van der Waals surface area contributed by atoms with Crippen molar-refractivity contribution in [3.05, 3.63) is 90.0 Å². The predicted octanol–water partition coefficient (Wildman–Crippen LogP) is 5.25. The molecule has 28 heavy (non-hydrogen) atoms. The summed E-state index contributed by atoms with van der Waals surface area (Å²) in [5, 5.41) is 2.98. The van der Waals surface area contributed by atoms with Gasteiger partial charge in [0.1, 0.15) is 0 Å². The van der Waals surface area contributed by atoms with Gasteiger partial charge in [-0.1, -0.05) is 60.7 Å². The van der Waals surface area contributed by atoms with E-state index >= 15 is 0 Å². The number of rotatable bonds is 8. The Morgan fingerprint density at radius 3 is 2.04 bits per heavy atom. The van der Waals surface area contributed by atoms with E-state index in [0.717, 1.165) is 11.1 Å². The smallest absolute Gasteiger partial charge is 0.225 e. The molecule has 0 bridgehead atoms. The summed E-state index contributed by atoms with van der Waals surface area (Å²) in [4.78, 5) is 12.8. The van der Waals surface area contributed by atoms with Gasteiger partial charge in [0.2, 0.25) is 5.91 Å². The van der Waals surface area contributed by atoms with Gasteiger partial charge >= 0.3 is 0 Å². The zero-order chi connectivity index (χ0) is 19.8. The van der Waals surface area contributed by atoms with Crippen molar-refractivity contribution in [2.24, 2.45) is 0 Å². The SMILES string of the molecule is CCOc1ccc(NC(=O)CC(c2ccccc2)c2ccccc2)cc1OC. The van der Waals surface area contributed by atoms with Gasteiger partial charge in [-0.05, 0) is 30.2 Å². The van der Waals surface area contributed by atoms with Crippen LogP contribution in [0.25, 0.3) is 0 Å². The molecule has 3 rings (SSSR count). The highest BCUT2D eigenvalue weighted by Crippen LogP contribution is 2.31. The average Bonchev–Trinajstić information content (AvgIpc) is 2.74. The summed E-state index contributed by atoms with van der Waals surface area (Å²) >= 11 is 0. The summed E-state index contributed by atoms with van der Waals surface area (Å²) in [6.45, 7) is 2.47. The molecule has 0 radical (unpaired) electrons. The maximum Gasteiger partial charge on any atom is 0.225 e. The molecule has 0 aliphatic heterocycles. The zero-order valence-electron chi connectivity index (χ0n) is 16.2. The first-order valence-electron chi connectivity index (χ1n) is 9.41. The Kier molecular flexibility index (Phi) is 6.68. The van der Waals surface area contributed by atoms with Crippen molar-refractivity contribution in [3.63, 3.8) is 0 Å². The van der Waals surface area contributed by atoms with E-state index in [2.05, 4.69) is 29.6 Å². The third kappa shape index (κ3) is 4.92. The Labute approximate surface area is 166 Å². The molecule has 0 fully saturated rings. The molecule has 0 saturated carbocycles. The lowest BCUT2D eigenvalue weighted by Crippen LogP contribution is -2.16. The van der Waals surface area contributed by atoms with Crippen LogP contribution in [0.15, 0.2) is 78.9 Å². The standard InChI is InChI=1S/C24H25NO3/c1-3-28-22-15-14-20(16-23(22)27-2)25-24(26)17-21(18-10-6-4-7-11-18)19-12-8-5-9-13-19/h4-16,21H,3,17H2,1-2H3,(H,25,26). The van der Waals surface area contributed by atoms with Crippen LogP contribution in [0.3, 0.4) is 0 Å². The minimum Gasteiger partial charge on any atom is -0.493 e. The minimum atomic E-state index is -0.0519. The van der Waals surface area contributed by atoms with Gasteiger partial charge in [0.25, 0.3) is 0 Å². The number of carbonyl (C=O) groups excluding carboxylic acids is 1. The number of benzene rings is 3. The fraction of sp³-hybridized carbons (Fsp3) is 0.208. The molecule has 0 aromatic heterocycles. The lowest BCUT2D eigenvalue weighted by molar-refractivity contribution is -0.116. The van der Waals surface area contributed by atoms with Crippen molar-refractivity contribution in [2.75, 3.05) is 19.0 Å². The van der Waals surface area contributed by atoms with Gasteiger partial charge in [-0.2, -0.15) is 0 Å². The van der Waals surface area contributed by atoms with Crippen LogP contribution in [0.1, 0.15) is 30.4 Å². The quantitative estimate of drug-likeness (QED) is 0.585. The molecule has 4 nitrogen and oxygen atoms in total. The Morgan fingerprint density at radius 1 is 0.893 bits per heavy atom. The van der Waals surface area contributed by atoms with Gasteiger partial charge in [0.15, 0.2) is 11.5 Å². The molecule has 1 amide bonds. The lowest BCUT2D eigenvalue weighted by Gasteiger charge is -2.18. The molecule has 3 aromatic carbocycles. The van der Waals surface area contributed by atoms with Crippen LogP contribution in [-0.4, -0.2) is 19.6 Å². The Balaban J connectivity index is 1.78. The van der Waals surface area contributed by atoms with E-state index in [1.807, 2.05) is 55.5 Å². The third-order valence-corrected chi connectivity index (χ3v) is 4.54. The van der Waals surface area contributed by atoms with Crippen molar-refractivity contribution >= 4 is 11.6 Å². The number of amides is 1. The van der Waals surface area contributed by atoms with Crippen LogP contribution < -0.4 is 14.8 Å². The highest BCUT2D eigenvalue weighted by Gasteiger charge is 2.18. The summed E-state index contributed by atoms with van der Waals surface area (Å²) in [6.07, 6.45) is 0.351. The molecule has 4 heteroatoms. The first-order valence-corrected chi connectivity index (χ1v) is 9.41. The Morgan fingerprint density at radius 2 is 1.50 bits per heavy atom. The number of nitrogens with one attached hydrogen (secondary N) is 1. The van der Waals surface area contributed by atoms with Gasteiger partial charge in [-0.15, -0.1) is 0 Å². The van der Waals surface area contributed by atoms with Crippen molar-refractivity contribution in [2.45, 2.75) is 19.3 Å². The molecule has 0 heterocycles. The molecule has 144 valence electrons. The number of hydrogen-bond donors (Lipinski definition) is 1. The first kappa shape index (κ1) is 19.5. The largest absolute Gasteiger partial charge is 0.493 e. The Bertz CT molecular complexity index is 855. The number of hydrogen-bond acceptors (Lipinski definition) is 3. The van der Waals surface area contributed by atoms with Gasteiger partial charge in [0, 0.05) is 24.1 Å². The van der Waals surface area contributed by atoms with Crippen molar-refractivity contribution in [1.82, 2.24) is 0 Å². The monoisotopic (exact) mass is 375 g/mol. The molecule has 0 unspecified atom stereocenters. The van der Waals surface area contributed by atoms with Crippen LogP contribution in [0.5, 0.6) is 11.5 Å². The van der Waals surface area contributed by atoms with Crippen molar-refractivity contribution < 1.29 is 14.3 Å². The molecule has 0 spiro atoms. The van der Waals surface area contributed by atoms with Gasteiger partial charge in [-0.3, -0.25) is 4.79 Å². The van der Waals surface area contributed by atoms with E-state index in [1.165, 1.54) is 0 Å². The van der Waals surface area contributed by atoms with E-state index < -0.39 is 0 Å². The van der Waals surface area contributed by atoms with Crippen LogP contribution >= 0.6 is 0 Å². The average molecular weight is 375 g/mol. The topological polar surface area (TPSA) is 47.6 Å². The maximum atomic E-state index is 12.8. The number of carbonyl (C=O) groups is 1. The zero-order valence-corrected chi connectivity index (χ0v) is 16.2. The predicted molar refractivity (Wildman–Crippen MR) is 112 cm³/mol. The molecular formula is C24H25NO3. The van der Waals surface area contributed by atoms with E-state index in [9.17, 15) is 4.79 Å². The summed E-state index contributed by atoms with van der Waals surface area (Å²) in [5.41, 5.74) is 2.92. The second-order valence-corrected chi connectivity index (χ2v) is 6.42. The van der Waals surface area contributed by atoms with Gasteiger partial charge < -0.3 is 14.8 Å². The molecule has 0 saturated heterocycles. The van der Waals surface area contributed by atoms with Crippen LogP contribution in [0.4, 0.5) is 5.69 Å². The summed E-state index contributed by atoms with van der Waals surface area (Å²) < 4.78 is 10.9. The highest BCUT2D eigenvalue weighted by atomic mass is 16.5. The molecular weight excluding hydrogens is 350 g/mol. The number of methoxy groups -OCH3 is 1. The first-order chi connectivity index (χ1) is 13.7. The van der Waals surface area contributed by atoms with Crippen molar-refractivity contribution in [3.8, 4) is 11.5 Å². The van der Waals surface area contributed by atoms with Crippen LogP contribution in [-0.2, 0) is 4.79 Å². The molecule has 0 aliphatic carbocycles. The van der Waals surface area contributed by atoms with Gasteiger partial charge in [-0.25, -0.2) is 0 Å². The number of ether oxygens (including phenoxy) is 2. The summed E-state index contributed by atoms with van der Waals surface area (Å²) in [5.74, 6) is 1.20. The lowest BCUT2D eigenvalue weighted by atomic mass is 9.88.